The minimum atomic E-state index is -0.915. The molecule has 6 heteroatoms. The Hall–Kier alpha value is -2.76. The van der Waals surface area contributed by atoms with Gasteiger partial charge in [-0.2, -0.15) is 0 Å². The highest BCUT2D eigenvalue weighted by Crippen LogP contribution is 2.52. The molecule has 4 nitrogen and oxygen atoms in total. The number of benzene rings is 3. The summed E-state index contributed by atoms with van der Waals surface area (Å²) in [5, 5.41) is 13.8. The normalized spacial score (nSPS) is 20.9. The Morgan fingerprint density at radius 3 is 2.69 bits per heavy atom. The quantitative estimate of drug-likeness (QED) is 0.356. The molecule has 2 aliphatic rings. The van der Waals surface area contributed by atoms with Gasteiger partial charge >= 0.3 is 5.97 Å². The molecule has 0 saturated carbocycles. The first-order valence-electron chi connectivity index (χ1n) is 10.5. The maximum Gasteiger partial charge on any atom is 0.335 e. The molecule has 32 heavy (non-hydrogen) atoms. The minimum absolute atomic E-state index is 0.118. The van der Waals surface area contributed by atoms with E-state index in [0.717, 1.165) is 33.5 Å². The zero-order chi connectivity index (χ0) is 22.2. The third-order valence-electron chi connectivity index (χ3n) is 6.26. The highest BCUT2D eigenvalue weighted by Gasteiger charge is 2.39. The number of carboxylic acids is 1. The lowest BCUT2D eigenvalue weighted by Gasteiger charge is -2.38. The van der Waals surface area contributed by atoms with Crippen LogP contribution in [-0.2, 0) is 6.61 Å². The molecule has 5 rings (SSSR count). The van der Waals surface area contributed by atoms with E-state index in [1.165, 1.54) is 5.56 Å². The van der Waals surface area contributed by atoms with Crippen molar-refractivity contribution in [3.05, 3.63) is 105 Å². The number of hydrogen-bond donors (Lipinski definition) is 2. The number of hydrogen-bond acceptors (Lipinski definition) is 3. The monoisotopic (exact) mass is 509 g/mol. The van der Waals surface area contributed by atoms with Crippen LogP contribution >= 0.6 is 27.5 Å². The molecule has 1 heterocycles. The number of carboxylic acid groups (broad SMARTS) is 1. The predicted octanol–water partition coefficient (Wildman–Crippen LogP) is 7.21. The maximum absolute atomic E-state index is 11.5. The average molecular weight is 511 g/mol. The first-order valence-corrected chi connectivity index (χ1v) is 11.6. The van der Waals surface area contributed by atoms with Crippen molar-refractivity contribution in [1.29, 1.82) is 0 Å². The van der Waals surface area contributed by atoms with E-state index in [-0.39, 0.29) is 12.0 Å². The molecule has 2 N–H and O–H groups in total. The molecular weight excluding hydrogens is 490 g/mol. The van der Waals surface area contributed by atoms with E-state index >= 15 is 0 Å². The van der Waals surface area contributed by atoms with Gasteiger partial charge in [-0.15, -0.1) is 0 Å². The van der Waals surface area contributed by atoms with Crippen LogP contribution in [0.3, 0.4) is 0 Å². The Labute approximate surface area is 200 Å². The van der Waals surface area contributed by atoms with Crippen LogP contribution in [0, 0.1) is 5.92 Å². The van der Waals surface area contributed by atoms with Crippen LogP contribution in [0.25, 0.3) is 0 Å². The van der Waals surface area contributed by atoms with Crippen molar-refractivity contribution >= 4 is 39.2 Å². The van der Waals surface area contributed by atoms with Crippen LogP contribution in [0.2, 0.25) is 5.02 Å². The van der Waals surface area contributed by atoms with Crippen molar-refractivity contribution in [2.24, 2.45) is 5.92 Å². The van der Waals surface area contributed by atoms with Crippen LogP contribution in [0.15, 0.2) is 77.3 Å². The topological polar surface area (TPSA) is 58.6 Å². The lowest BCUT2D eigenvalue weighted by molar-refractivity contribution is 0.0696. The van der Waals surface area contributed by atoms with Gasteiger partial charge in [-0.1, -0.05) is 54.1 Å². The van der Waals surface area contributed by atoms with Crippen molar-refractivity contribution < 1.29 is 14.6 Å². The number of carbonyl (C=O) groups is 1. The number of halogens is 2. The molecule has 0 aromatic heterocycles. The zero-order valence-electron chi connectivity index (χ0n) is 17.1. The molecule has 0 spiro atoms. The van der Waals surface area contributed by atoms with E-state index in [9.17, 15) is 9.90 Å². The number of aromatic carboxylic acids is 1. The Morgan fingerprint density at radius 1 is 1.16 bits per heavy atom. The molecule has 162 valence electrons. The predicted molar refractivity (Wildman–Crippen MR) is 130 cm³/mol. The molecule has 3 atom stereocenters. The first-order chi connectivity index (χ1) is 15.5. The van der Waals surface area contributed by atoms with Crippen molar-refractivity contribution in [2.75, 3.05) is 5.32 Å². The molecule has 3 aromatic carbocycles. The highest BCUT2D eigenvalue weighted by atomic mass is 79.9. The Balaban J connectivity index is 1.38. The highest BCUT2D eigenvalue weighted by molar-refractivity contribution is 9.10. The molecule has 0 bridgehead atoms. The molecule has 0 radical (unpaired) electrons. The summed E-state index contributed by atoms with van der Waals surface area (Å²) < 4.78 is 6.71. The molecule has 0 unspecified atom stereocenters. The second-order valence-electron chi connectivity index (χ2n) is 8.15. The second-order valence-corrected chi connectivity index (χ2v) is 9.41. The number of allylic oxidation sites excluding steroid dienone is 2. The Bertz CT molecular complexity index is 1210. The van der Waals surface area contributed by atoms with Crippen molar-refractivity contribution in [1.82, 2.24) is 0 Å². The fourth-order valence-corrected chi connectivity index (χ4v) is 5.44. The van der Waals surface area contributed by atoms with Gasteiger partial charge in [-0.05, 0) is 69.7 Å². The Morgan fingerprint density at radius 2 is 1.94 bits per heavy atom. The lowest BCUT2D eigenvalue weighted by Crippen LogP contribution is -2.29. The zero-order valence-corrected chi connectivity index (χ0v) is 19.4. The van der Waals surface area contributed by atoms with Gasteiger partial charge in [0.2, 0.25) is 0 Å². The van der Waals surface area contributed by atoms with E-state index in [1.54, 1.807) is 12.1 Å². The Kier molecular flexibility index (Phi) is 5.70. The number of ether oxygens (including phenoxy) is 1. The fourth-order valence-electron chi connectivity index (χ4n) is 4.66. The average Bonchev–Trinajstić information content (AvgIpc) is 3.29. The van der Waals surface area contributed by atoms with E-state index in [2.05, 4.69) is 45.5 Å². The van der Waals surface area contributed by atoms with Gasteiger partial charge in [-0.25, -0.2) is 4.79 Å². The third-order valence-corrected chi connectivity index (χ3v) is 7.25. The molecule has 1 aliphatic heterocycles. The summed E-state index contributed by atoms with van der Waals surface area (Å²) >= 11 is 9.80. The number of rotatable bonds is 5. The largest absolute Gasteiger partial charge is 0.489 e. The van der Waals surface area contributed by atoms with Crippen LogP contribution in [0.1, 0.15) is 45.4 Å². The maximum atomic E-state index is 11.5. The number of fused-ring (bicyclic) bond motifs is 3. The second kappa shape index (κ2) is 8.64. The summed E-state index contributed by atoms with van der Waals surface area (Å²) in [7, 11) is 0. The lowest BCUT2D eigenvalue weighted by atomic mass is 9.76. The number of anilines is 1. The van der Waals surface area contributed by atoms with Gasteiger partial charge in [0, 0.05) is 21.0 Å². The van der Waals surface area contributed by atoms with E-state index in [4.69, 9.17) is 16.3 Å². The summed E-state index contributed by atoms with van der Waals surface area (Å²) in [6, 6.07) is 19.4. The minimum Gasteiger partial charge on any atom is -0.489 e. The smallest absolute Gasteiger partial charge is 0.335 e. The molecule has 1 aliphatic carbocycles. The van der Waals surface area contributed by atoms with E-state index in [1.807, 2.05) is 36.4 Å². The summed E-state index contributed by atoms with van der Waals surface area (Å²) in [4.78, 5) is 11.5. The fraction of sp³-hybridized carbons (Fsp3) is 0.192. The van der Waals surface area contributed by atoms with E-state index < -0.39 is 5.97 Å². The van der Waals surface area contributed by atoms with Gasteiger partial charge in [0.15, 0.2) is 0 Å². The summed E-state index contributed by atoms with van der Waals surface area (Å²) in [5.41, 5.74) is 4.43. The number of nitrogens with one attached hydrogen (secondary N) is 1. The molecule has 0 saturated heterocycles. The van der Waals surface area contributed by atoms with Gasteiger partial charge in [-0.3, -0.25) is 0 Å². The van der Waals surface area contributed by atoms with Crippen molar-refractivity contribution in [2.45, 2.75) is 25.0 Å². The van der Waals surface area contributed by atoms with Crippen LogP contribution in [0.4, 0.5) is 5.69 Å². The van der Waals surface area contributed by atoms with Gasteiger partial charge in [0.25, 0.3) is 0 Å². The SMILES string of the molecule is O=C(O)c1cc(Br)c2c(c1)[C@@H]1C=CC[C@@H]1[C@@H](c1ccc(OCc3ccccc3Cl)cc1)N2. The standard InChI is InChI=1S/C26H21BrClNO3/c27-22-13-17(26(30)31)12-21-19-5-3-6-20(19)24(29-25(21)22)15-8-10-18(11-9-15)32-14-16-4-1-2-7-23(16)28/h1-5,7-13,19-20,24,29H,6,14H2,(H,30,31)/t19-,20+,24-/m1/s1. The van der Waals surface area contributed by atoms with E-state index in [0.29, 0.717) is 23.1 Å². The molecule has 0 amide bonds. The molecular formula is C26H21BrClNO3. The van der Waals surface area contributed by atoms with Gasteiger partial charge < -0.3 is 15.2 Å². The van der Waals surface area contributed by atoms with Crippen molar-refractivity contribution in [3.63, 3.8) is 0 Å². The summed E-state index contributed by atoms with van der Waals surface area (Å²) in [6.07, 6.45) is 5.35. The van der Waals surface area contributed by atoms with Gasteiger partial charge in [0.05, 0.1) is 17.3 Å². The first kappa shape index (κ1) is 21.1. The van der Waals surface area contributed by atoms with Gasteiger partial charge in [0.1, 0.15) is 12.4 Å². The molecule has 3 aromatic rings. The van der Waals surface area contributed by atoms with Crippen LogP contribution in [0.5, 0.6) is 5.75 Å². The van der Waals surface area contributed by atoms with Crippen LogP contribution in [-0.4, -0.2) is 11.1 Å². The van der Waals surface area contributed by atoms with Crippen LogP contribution < -0.4 is 10.1 Å². The third kappa shape index (κ3) is 3.91. The van der Waals surface area contributed by atoms with Crippen molar-refractivity contribution in [3.8, 4) is 5.75 Å². The molecule has 0 fully saturated rings. The summed E-state index contributed by atoms with van der Waals surface area (Å²) in [5.74, 6) is 0.385. The summed E-state index contributed by atoms with van der Waals surface area (Å²) in [6.45, 7) is 0.418.